The minimum Gasteiger partial charge on any atom is -0.383 e. The lowest BCUT2D eigenvalue weighted by molar-refractivity contribution is 0.145. The molecule has 3 nitrogen and oxygen atoms in total. The van der Waals surface area contributed by atoms with Gasteiger partial charge < -0.3 is 15.0 Å². The number of nitrogens with one attached hydrogen (secondary N) is 1. The number of likely N-dealkylation sites (tertiary alicyclic amines) is 1. The Morgan fingerprint density at radius 3 is 2.57 bits per heavy atom. The molecule has 1 unspecified atom stereocenters. The van der Waals surface area contributed by atoms with Gasteiger partial charge in [0.2, 0.25) is 0 Å². The molecule has 0 bridgehead atoms. The summed E-state index contributed by atoms with van der Waals surface area (Å²) in [6.45, 7) is 5.50. The molecule has 0 spiro atoms. The van der Waals surface area contributed by atoms with Gasteiger partial charge in [0.1, 0.15) is 0 Å². The molecule has 3 heteroatoms. The fraction of sp³-hybridized carbons (Fsp3) is 1.00. The highest BCUT2D eigenvalue weighted by atomic mass is 16.5. The van der Waals surface area contributed by atoms with Crippen LogP contribution in [0.2, 0.25) is 0 Å². The lowest BCUT2D eigenvalue weighted by atomic mass is 10.0. The lowest BCUT2D eigenvalue weighted by Crippen LogP contribution is -2.46. The van der Waals surface area contributed by atoms with Crippen LogP contribution >= 0.6 is 0 Å². The van der Waals surface area contributed by atoms with Gasteiger partial charge in [-0.05, 0) is 39.4 Å². The third-order valence-corrected chi connectivity index (χ3v) is 3.05. The van der Waals surface area contributed by atoms with Crippen LogP contribution in [0, 0.1) is 0 Å². The van der Waals surface area contributed by atoms with Crippen molar-refractivity contribution in [3.63, 3.8) is 0 Å². The Hall–Kier alpha value is -0.120. The standard InChI is InChI=1S/C11H24N2O/c1-4-10(9-14-3)12-11-5-7-13(2)8-6-11/h10-12H,4-9H2,1-3H3. The summed E-state index contributed by atoms with van der Waals surface area (Å²) in [5.41, 5.74) is 0. The van der Waals surface area contributed by atoms with Crippen LogP contribution in [-0.2, 0) is 4.74 Å². The highest BCUT2D eigenvalue weighted by Crippen LogP contribution is 2.09. The maximum atomic E-state index is 5.18. The van der Waals surface area contributed by atoms with Crippen molar-refractivity contribution in [3.8, 4) is 0 Å². The quantitative estimate of drug-likeness (QED) is 0.719. The molecule has 14 heavy (non-hydrogen) atoms. The summed E-state index contributed by atoms with van der Waals surface area (Å²) in [7, 11) is 3.97. The van der Waals surface area contributed by atoms with E-state index in [2.05, 4.69) is 24.2 Å². The molecule has 0 aromatic carbocycles. The van der Waals surface area contributed by atoms with Crippen molar-refractivity contribution in [1.29, 1.82) is 0 Å². The van der Waals surface area contributed by atoms with E-state index in [4.69, 9.17) is 4.74 Å². The zero-order chi connectivity index (χ0) is 10.4. The number of rotatable bonds is 5. The van der Waals surface area contributed by atoms with Crippen molar-refractivity contribution in [2.75, 3.05) is 33.9 Å². The van der Waals surface area contributed by atoms with Crippen LogP contribution in [-0.4, -0.2) is 50.8 Å². The number of ether oxygens (including phenoxy) is 1. The molecule has 1 saturated heterocycles. The molecule has 84 valence electrons. The highest BCUT2D eigenvalue weighted by Gasteiger charge is 2.18. The maximum Gasteiger partial charge on any atom is 0.0615 e. The van der Waals surface area contributed by atoms with Crippen LogP contribution in [0.15, 0.2) is 0 Å². The minimum absolute atomic E-state index is 0.536. The molecule has 1 N–H and O–H groups in total. The monoisotopic (exact) mass is 200 g/mol. The fourth-order valence-electron chi connectivity index (χ4n) is 1.99. The second-order valence-corrected chi connectivity index (χ2v) is 4.30. The second kappa shape index (κ2) is 6.38. The summed E-state index contributed by atoms with van der Waals surface area (Å²) < 4.78 is 5.18. The van der Waals surface area contributed by atoms with Crippen molar-refractivity contribution in [2.24, 2.45) is 0 Å². The maximum absolute atomic E-state index is 5.18. The largest absolute Gasteiger partial charge is 0.383 e. The van der Waals surface area contributed by atoms with E-state index in [1.807, 2.05) is 0 Å². The van der Waals surface area contributed by atoms with Gasteiger partial charge in [-0.2, -0.15) is 0 Å². The molecule has 0 amide bonds. The van der Waals surface area contributed by atoms with Crippen molar-refractivity contribution in [2.45, 2.75) is 38.3 Å². The number of hydrogen-bond acceptors (Lipinski definition) is 3. The van der Waals surface area contributed by atoms with Crippen LogP contribution in [0.4, 0.5) is 0 Å². The van der Waals surface area contributed by atoms with Crippen molar-refractivity contribution in [1.82, 2.24) is 10.2 Å². The molecule has 0 saturated carbocycles. The van der Waals surface area contributed by atoms with Gasteiger partial charge in [-0.15, -0.1) is 0 Å². The first-order chi connectivity index (χ1) is 6.76. The molecule has 0 aliphatic carbocycles. The summed E-state index contributed by atoms with van der Waals surface area (Å²) in [6.07, 6.45) is 3.70. The van der Waals surface area contributed by atoms with E-state index in [9.17, 15) is 0 Å². The number of nitrogens with zero attached hydrogens (tertiary/aromatic N) is 1. The number of piperidine rings is 1. The second-order valence-electron chi connectivity index (χ2n) is 4.30. The van der Waals surface area contributed by atoms with Crippen LogP contribution in [0.25, 0.3) is 0 Å². The Labute approximate surface area is 87.8 Å². The molecule has 1 aliphatic rings. The summed E-state index contributed by atoms with van der Waals surface area (Å²) in [6, 6.07) is 1.24. The van der Waals surface area contributed by atoms with Gasteiger partial charge in [0.05, 0.1) is 6.61 Å². The average Bonchev–Trinajstić information content (AvgIpc) is 2.20. The first kappa shape index (κ1) is 12.0. The van der Waals surface area contributed by atoms with Gasteiger partial charge >= 0.3 is 0 Å². The predicted molar refractivity (Wildman–Crippen MR) is 59.6 cm³/mol. The molecule has 1 heterocycles. The first-order valence-electron chi connectivity index (χ1n) is 5.69. The van der Waals surface area contributed by atoms with Crippen molar-refractivity contribution < 1.29 is 4.74 Å². The van der Waals surface area contributed by atoms with Crippen molar-refractivity contribution >= 4 is 0 Å². The predicted octanol–water partition coefficient (Wildman–Crippen LogP) is 1.10. The van der Waals surface area contributed by atoms with Crippen LogP contribution in [0.3, 0.4) is 0 Å². The normalized spacial score (nSPS) is 22.5. The van der Waals surface area contributed by atoms with Gasteiger partial charge in [-0.25, -0.2) is 0 Å². The topological polar surface area (TPSA) is 24.5 Å². The van der Waals surface area contributed by atoms with E-state index in [1.54, 1.807) is 7.11 Å². The summed E-state index contributed by atoms with van der Waals surface area (Å²) >= 11 is 0. The van der Waals surface area contributed by atoms with E-state index in [0.29, 0.717) is 12.1 Å². The Bertz CT molecular complexity index is 144. The summed E-state index contributed by atoms with van der Waals surface area (Å²) in [4.78, 5) is 2.40. The fourth-order valence-corrected chi connectivity index (χ4v) is 1.99. The Morgan fingerprint density at radius 2 is 2.07 bits per heavy atom. The molecule has 0 aromatic rings. The molecule has 1 fully saturated rings. The van der Waals surface area contributed by atoms with Crippen LogP contribution in [0.5, 0.6) is 0 Å². The molecular weight excluding hydrogens is 176 g/mol. The van der Waals surface area contributed by atoms with E-state index in [-0.39, 0.29) is 0 Å². The van der Waals surface area contributed by atoms with E-state index >= 15 is 0 Å². The van der Waals surface area contributed by atoms with Crippen LogP contribution < -0.4 is 5.32 Å². The van der Waals surface area contributed by atoms with Crippen molar-refractivity contribution in [3.05, 3.63) is 0 Å². The molecule has 1 rings (SSSR count). The van der Waals surface area contributed by atoms with Gasteiger partial charge in [-0.1, -0.05) is 6.92 Å². The zero-order valence-electron chi connectivity index (χ0n) is 9.75. The highest BCUT2D eigenvalue weighted by molar-refractivity contribution is 4.78. The Balaban J connectivity index is 2.21. The SMILES string of the molecule is CCC(COC)NC1CCN(C)CC1. The number of methoxy groups -OCH3 is 1. The zero-order valence-corrected chi connectivity index (χ0v) is 9.75. The first-order valence-corrected chi connectivity index (χ1v) is 5.69. The molecular formula is C11H24N2O. The summed E-state index contributed by atoms with van der Waals surface area (Å²) in [5.74, 6) is 0. The third-order valence-electron chi connectivity index (χ3n) is 3.05. The summed E-state index contributed by atoms with van der Waals surface area (Å²) in [5, 5.41) is 3.68. The number of hydrogen-bond donors (Lipinski definition) is 1. The minimum atomic E-state index is 0.536. The van der Waals surface area contributed by atoms with Gasteiger partial charge in [0, 0.05) is 19.2 Å². The third kappa shape index (κ3) is 3.95. The van der Waals surface area contributed by atoms with Crippen LogP contribution in [0.1, 0.15) is 26.2 Å². The van der Waals surface area contributed by atoms with E-state index < -0.39 is 0 Å². The molecule has 0 radical (unpaired) electrons. The van der Waals surface area contributed by atoms with E-state index in [0.717, 1.165) is 13.0 Å². The Morgan fingerprint density at radius 1 is 1.43 bits per heavy atom. The molecule has 1 atom stereocenters. The van der Waals surface area contributed by atoms with Gasteiger partial charge in [-0.3, -0.25) is 0 Å². The smallest absolute Gasteiger partial charge is 0.0615 e. The lowest BCUT2D eigenvalue weighted by Gasteiger charge is -2.32. The molecule has 0 aromatic heterocycles. The van der Waals surface area contributed by atoms with Gasteiger partial charge in [0.15, 0.2) is 0 Å². The molecule has 1 aliphatic heterocycles. The van der Waals surface area contributed by atoms with E-state index in [1.165, 1.54) is 25.9 Å². The average molecular weight is 200 g/mol. The Kier molecular flexibility index (Phi) is 5.45. The van der Waals surface area contributed by atoms with Gasteiger partial charge in [0.25, 0.3) is 0 Å².